The Morgan fingerprint density at radius 2 is 1.92 bits per heavy atom. The Morgan fingerprint density at radius 3 is 2.67 bits per heavy atom. The average Bonchev–Trinajstić information content (AvgIpc) is 2.90. The third-order valence-corrected chi connectivity index (χ3v) is 6.33. The van der Waals surface area contributed by atoms with Crippen LogP contribution >= 0.6 is 0 Å². The summed E-state index contributed by atoms with van der Waals surface area (Å²) in [5.41, 5.74) is 2.15. The summed E-state index contributed by atoms with van der Waals surface area (Å²) in [6.45, 7) is 2.44. The van der Waals surface area contributed by atoms with E-state index in [0.29, 0.717) is 11.0 Å². The Morgan fingerprint density at radius 1 is 1.12 bits per heavy atom. The van der Waals surface area contributed by atoms with Gasteiger partial charge in [-0.1, -0.05) is 13.3 Å². The zero-order valence-corrected chi connectivity index (χ0v) is 14.5. The van der Waals surface area contributed by atoms with Crippen LogP contribution in [0.2, 0.25) is 0 Å². The van der Waals surface area contributed by atoms with Gasteiger partial charge in [0.2, 0.25) is 0 Å². The second-order valence-electron chi connectivity index (χ2n) is 7.90. The number of hydrogen-bond acceptors (Lipinski definition) is 4. The van der Waals surface area contributed by atoms with E-state index >= 15 is 0 Å². The van der Waals surface area contributed by atoms with E-state index < -0.39 is 0 Å². The van der Waals surface area contributed by atoms with E-state index in [1.807, 2.05) is 18.3 Å². The number of aromatic nitrogens is 2. The van der Waals surface area contributed by atoms with Gasteiger partial charge in [-0.2, -0.15) is 0 Å². The van der Waals surface area contributed by atoms with Crippen molar-refractivity contribution in [1.82, 2.24) is 9.97 Å². The van der Waals surface area contributed by atoms with Gasteiger partial charge in [-0.15, -0.1) is 0 Å². The van der Waals surface area contributed by atoms with Gasteiger partial charge in [0.25, 0.3) is 0 Å². The molecule has 1 aromatic heterocycles. The molecular formula is C20H24N2O2. The largest absolute Gasteiger partial charge is 0.465 e. The molecule has 0 unspecified atom stereocenters. The number of fused-ring (bicyclic) bond motifs is 5. The van der Waals surface area contributed by atoms with Gasteiger partial charge in [-0.05, 0) is 62.1 Å². The summed E-state index contributed by atoms with van der Waals surface area (Å²) in [5.74, 6) is 0.680. The van der Waals surface area contributed by atoms with Gasteiger partial charge in [0, 0.05) is 17.0 Å². The van der Waals surface area contributed by atoms with Crippen LogP contribution in [0.5, 0.6) is 0 Å². The molecule has 3 aliphatic rings. The fourth-order valence-electron chi connectivity index (χ4n) is 4.55. The number of methoxy groups -OCH3 is 1. The number of carbonyl (C=O) groups excluding carboxylic acids is 1. The lowest BCUT2D eigenvalue weighted by molar-refractivity contribution is 0.0601. The molecule has 5 rings (SSSR count). The van der Waals surface area contributed by atoms with Crippen molar-refractivity contribution in [2.24, 2.45) is 5.41 Å². The molecule has 3 fully saturated rings. The number of hydrogen-bond donors (Lipinski definition) is 0. The van der Waals surface area contributed by atoms with Gasteiger partial charge < -0.3 is 4.74 Å². The Labute approximate surface area is 142 Å². The lowest BCUT2D eigenvalue weighted by atomic mass is 9.65. The van der Waals surface area contributed by atoms with Crippen LogP contribution in [0, 0.1) is 5.41 Å². The Balaban J connectivity index is 1.71. The van der Waals surface area contributed by atoms with E-state index in [-0.39, 0.29) is 11.4 Å². The van der Waals surface area contributed by atoms with Crippen molar-refractivity contribution in [3.63, 3.8) is 0 Å². The Kier molecular flexibility index (Phi) is 3.59. The van der Waals surface area contributed by atoms with Gasteiger partial charge in [-0.25, -0.2) is 14.8 Å². The number of rotatable bonds is 2. The molecule has 1 heterocycles. The van der Waals surface area contributed by atoms with E-state index in [0.717, 1.165) is 16.7 Å². The maximum atomic E-state index is 11.7. The molecule has 0 aliphatic heterocycles. The van der Waals surface area contributed by atoms with Gasteiger partial charge in [0.05, 0.1) is 18.2 Å². The fourth-order valence-corrected chi connectivity index (χ4v) is 4.55. The number of benzene rings is 1. The third-order valence-electron chi connectivity index (χ3n) is 6.33. The highest BCUT2D eigenvalue weighted by Gasteiger charge is 2.45. The van der Waals surface area contributed by atoms with Crippen LogP contribution in [0.4, 0.5) is 0 Å². The maximum absolute atomic E-state index is 11.7. The number of esters is 1. The molecular weight excluding hydrogens is 300 g/mol. The SMILES string of the molecule is COC(=O)c1ccc2nc(C34CCCC(C)(CC3)CC4)ncc2c1. The van der Waals surface area contributed by atoms with Crippen molar-refractivity contribution in [2.75, 3.05) is 7.11 Å². The molecule has 0 saturated heterocycles. The molecule has 0 spiro atoms. The van der Waals surface area contributed by atoms with Crippen LogP contribution < -0.4 is 0 Å². The molecule has 3 saturated carbocycles. The predicted octanol–water partition coefficient (Wildman–Crippen LogP) is 4.42. The summed E-state index contributed by atoms with van der Waals surface area (Å²) in [4.78, 5) is 21.3. The van der Waals surface area contributed by atoms with Gasteiger partial charge in [-0.3, -0.25) is 0 Å². The van der Waals surface area contributed by atoms with E-state index in [1.165, 1.54) is 52.1 Å². The van der Waals surface area contributed by atoms with Crippen LogP contribution in [0.15, 0.2) is 24.4 Å². The highest BCUT2D eigenvalue weighted by atomic mass is 16.5. The second kappa shape index (κ2) is 5.54. The first-order valence-electron chi connectivity index (χ1n) is 8.89. The summed E-state index contributed by atoms with van der Waals surface area (Å²) in [6.07, 6.45) is 10.7. The van der Waals surface area contributed by atoms with Crippen molar-refractivity contribution in [1.29, 1.82) is 0 Å². The minimum absolute atomic E-state index is 0.158. The first kappa shape index (κ1) is 15.6. The molecule has 24 heavy (non-hydrogen) atoms. The first-order chi connectivity index (χ1) is 11.5. The van der Waals surface area contributed by atoms with E-state index in [9.17, 15) is 4.79 Å². The van der Waals surface area contributed by atoms with Gasteiger partial charge >= 0.3 is 5.97 Å². The van der Waals surface area contributed by atoms with Crippen molar-refractivity contribution < 1.29 is 9.53 Å². The lowest BCUT2D eigenvalue weighted by Crippen LogP contribution is -2.34. The molecule has 2 aromatic rings. The summed E-state index contributed by atoms with van der Waals surface area (Å²) < 4.78 is 4.79. The maximum Gasteiger partial charge on any atom is 0.337 e. The van der Waals surface area contributed by atoms with E-state index in [2.05, 4.69) is 6.92 Å². The van der Waals surface area contributed by atoms with E-state index in [1.54, 1.807) is 6.07 Å². The Hall–Kier alpha value is -1.97. The van der Waals surface area contributed by atoms with Crippen LogP contribution in [0.25, 0.3) is 10.9 Å². The average molecular weight is 324 g/mol. The summed E-state index contributed by atoms with van der Waals surface area (Å²) in [5, 5.41) is 0.896. The summed E-state index contributed by atoms with van der Waals surface area (Å²) >= 11 is 0. The smallest absolute Gasteiger partial charge is 0.337 e. The number of ether oxygens (including phenoxy) is 1. The van der Waals surface area contributed by atoms with Crippen molar-refractivity contribution in [3.8, 4) is 0 Å². The first-order valence-corrected chi connectivity index (χ1v) is 8.89. The number of nitrogens with zero attached hydrogens (tertiary/aromatic N) is 2. The van der Waals surface area contributed by atoms with Crippen LogP contribution in [-0.2, 0) is 10.2 Å². The fraction of sp³-hybridized carbons (Fsp3) is 0.550. The van der Waals surface area contributed by atoms with Crippen molar-refractivity contribution in [3.05, 3.63) is 35.8 Å². The minimum Gasteiger partial charge on any atom is -0.465 e. The molecule has 4 heteroatoms. The molecule has 2 bridgehead atoms. The highest BCUT2D eigenvalue weighted by molar-refractivity contribution is 5.94. The Bertz CT molecular complexity index is 791. The van der Waals surface area contributed by atoms with Crippen molar-refractivity contribution in [2.45, 2.75) is 57.3 Å². The molecule has 1 aromatic carbocycles. The van der Waals surface area contributed by atoms with Crippen LogP contribution in [-0.4, -0.2) is 23.0 Å². The van der Waals surface area contributed by atoms with Crippen molar-refractivity contribution >= 4 is 16.9 Å². The van der Waals surface area contributed by atoms with Gasteiger partial charge in [0.1, 0.15) is 5.82 Å². The van der Waals surface area contributed by atoms with Crippen LogP contribution in [0.3, 0.4) is 0 Å². The third kappa shape index (κ3) is 2.48. The minimum atomic E-state index is -0.324. The predicted molar refractivity (Wildman–Crippen MR) is 93.0 cm³/mol. The molecule has 0 atom stereocenters. The zero-order valence-electron chi connectivity index (χ0n) is 14.5. The lowest BCUT2D eigenvalue weighted by Gasteiger charge is -2.40. The van der Waals surface area contributed by atoms with Gasteiger partial charge in [0.15, 0.2) is 0 Å². The molecule has 0 N–H and O–H groups in total. The molecule has 0 radical (unpaired) electrons. The molecule has 0 amide bonds. The monoisotopic (exact) mass is 324 g/mol. The standard InChI is InChI=1S/C20H24N2O2/c1-19-6-3-7-20(10-8-19,11-9-19)18-21-13-15-12-14(17(23)24-2)4-5-16(15)22-18/h4-5,12-13H,3,6-11H2,1-2H3. The second-order valence-corrected chi connectivity index (χ2v) is 7.90. The zero-order chi connectivity index (χ0) is 16.8. The quantitative estimate of drug-likeness (QED) is 0.767. The summed E-state index contributed by atoms with van der Waals surface area (Å²) in [6, 6.07) is 5.51. The topological polar surface area (TPSA) is 52.1 Å². The molecule has 3 aliphatic carbocycles. The van der Waals surface area contributed by atoms with Crippen LogP contribution in [0.1, 0.15) is 68.1 Å². The highest BCUT2D eigenvalue weighted by Crippen LogP contribution is 2.54. The number of carbonyl (C=O) groups is 1. The summed E-state index contributed by atoms with van der Waals surface area (Å²) in [7, 11) is 1.40. The normalized spacial score (nSPS) is 29.4. The van der Waals surface area contributed by atoms with E-state index in [4.69, 9.17) is 14.7 Å². The molecule has 126 valence electrons. The molecule has 4 nitrogen and oxygen atoms in total.